The van der Waals surface area contributed by atoms with E-state index in [1.165, 1.54) is 5.69 Å². The van der Waals surface area contributed by atoms with E-state index in [1.807, 2.05) is 17.9 Å². The average Bonchev–Trinajstić information content (AvgIpc) is 2.18. The van der Waals surface area contributed by atoms with Gasteiger partial charge >= 0.3 is 0 Å². The fourth-order valence-corrected chi connectivity index (χ4v) is 0.951. The molecular weight excluding hydrogens is 138 g/mol. The first-order valence-electron chi connectivity index (χ1n) is 3.86. The van der Waals surface area contributed by atoms with Crippen LogP contribution in [0.2, 0.25) is 0 Å². The van der Waals surface area contributed by atoms with Crippen molar-refractivity contribution < 1.29 is 0 Å². The molecule has 0 aromatic carbocycles. The molecule has 0 aliphatic carbocycles. The van der Waals surface area contributed by atoms with Crippen LogP contribution >= 0.6 is 0 Å². The van der Waals surface area contributed by atoms with Gasteiger partial charge in [0.1, 0.15) is 0 Å². The maximum atomic E-state index is 4.12. The number of aromatic nitrogens is 2. The monoisotopic (exact) mass is 153 g/mol. The van der Waals surface area contributed by atoms with Crippen LogP contribution in [0.25, 0.3) is 0 Å². The summed E-state index contributed by atoms with van der Waals surface area (Å²) in [4.78, 5) is 0. The van der Waals surface area contributed by atoms with Gasteiger partial charge in [0.15, 0.2) is 0 Å². The molecule has 0 aliphatic heterocycles. The zero-order valence-electron chi connectivity index (χ0n) is 7.55. The lowest BCUT2D eigenvalue weighted by Crippen LogP contribution is -2.10. The molecule has 62 valence electrons. The Morgan fingerprint density at radius 2 is 2.18 bits per heavy atom. The minimum Gasteiger partial charge on any atom is -0.380 e. The first kappa shape index (κ1) is 8.11. The lowest BCUT2D eigenvalue weighted by molar-refractivity contribution is 0.740. The van der Waals surface area contributed by atoms with Crippen LogP contribution < -0.4 is 5.32 Å². The molecule has 0 saturated heterocycles. The molecule has 0 amide bonds. The Labute approximate surface area is 67.4 Å². The molecule has 0 aliphatic rings. The fourth-order valence-electron chi connectivity index (χ4n) is 0.951. The molecule has 0 atom stereocenters. The second-order valence-electron chi connectivity index (χ2n) is 3.07. The number of anilines is 1. The third-order valence-corrected chi connectivity index (χ3v) is 1.68. The van der Waals surface area contributed by atoms with E-state index in [0.29, 0.717) is 6.04 Å². The number of nitrogens with one attached hydrogen (secondary N) is 1. The normalized spacial score (nSPS) is 10.6. The summed E-state index contributed by atoms with van der Waals surface area (Å²) >= 11 is 0. The predicted molar refractivity (Wildman–Crippen MR) is 46.7 cm³/mol. The van der Waals surface area contributed by atoms with E-state index in [-0.39, 0.29) is 0 Å². The smallest absolute Gasteiger partial charge is 0.0758 e. The van der Waals surface area contributed by atoms with Gasteiger partial charge < -0.3 is 5.32 Å². The van der Waals surface area contributed by atoms with Crippen molar-refractivity contribution in [3.8, 4) is 0 Å². The van der Waals surface area contributed by atoms with Crippen molar-refractivity contribution in [2.75, 3.05) is 5.32 Å². The molecule has 0 spiro atoms. The van der Waals surface area contributed by atoms with E-state index in [9.17, 15) is 0 Å². The molecule has 1 N–H and O–H groups in total. The molecular formula is C8H15N3. The van der Waals surface area contributed by atoms with Crippen LogP contribution in [0.15, 0.2) is 6.20 Å². The summed E-state index contributed by atoms with van der Waals surface area (Å²) in [5, 5.41) is 7.43. The molecule has 3 heteroatoms. The highest BCUT2D eigenvalue weighted by molar-refractivity contribution is 5.46. The standard InChI is InChI=1S/C8H15N3/c1-6(2)10-8-5-9-11(4)7(8)3/h5-6,10H,1-4H3. The molecule has 0 fully saturated rings. The van der Waals surface area contributed by atoms with Gasteiger partial charge in [-0.3, -0.25) is 4.68 Å². The Hall–Kier alpha value is -0.990. The van der Waals surface area contributed by atoms with E-state index in [0.717, 1.165) is 5.69 Å². The summed E-state index contributed by atoms with van der Waals surface area (Å²) in [5.41, 5.74) is 2.31. The van der Waals surface area contributed by atoms with Gasteiger partial charge in [-0.15, -0.1) is 0 Å². The van der Waals surface area contributed by atoms with Crippen molar-refractivity contribution in [3.05, 3.63) is 11.9 Å². The molecule has 0 radical (unpaired) electrons. The minimum atomic E-state index is 0.470. The highest BCUT2D eigenvalue weighted by Crippen LogP contribution is 2.12. The molecule has 1 rings (SSSR count). The SMILES string of the molecule is Cc1c(NC(C)C)cnn1C. The van der Waals surface area contributed by atoms with Crippen molar-refractivity contribution in [3.63, 3.8) is 0 Å². The predicted octanol–water partition coefficient (Wildman–Crippen LogP) is 1.55. The van der Waals surface area contributed by atoms with Gasteiger partial charge in [0, 0.05) is 13.1 Å². The molecule has 1 heterocycles. The number of aryl methyl sites for hydroxylation is 1. The van der Waals surface area contributed by atoms with Gasteiger partial charge in [0.2, 0.25) is 0 Å². The first-order chi connectivity index (χ1) is 5.11. The Bertz CT molecular complexity index is 237. The van der Waals surface area contributed by atoms with E-state index in [4.69, 9.17) is 0 Å². The Kier molecular flexibility index (Phi) is 2.17. The second kappa shape index (κ2) is 2.95. The van der Waals surface area contributed by atoms with Crippen molar-refractivity contribution in [1.82, 2.24) is 9.78 Å². The van der Waals surface area contributed by atoms with E-state index in [2.05, 4.69) is 31.2 Å². The van der Waals surface area contributed by atoms with Crippen LogP contribution in [0.3, 0.4) is 0 Å². The van der Waals surface area contributed by atoms with Gasteiger partial charge in [-0.1, -0.05) is 0 Å². The highest BCUT2D eigenvalue weighted by atomic mass is 15.3. The summed E-state index contributed by atoms with van der Waals surface area (Å²) in [5.74, 6) is 0. The highest BCUT2D eigenvalue weighted by Gasteiger charge is 2.02. The van der Waals surface area contributed by atoms with Crippen molar-refractivity contribution >= 4 is 5.69 Å². The van der Waals surface area contributed by atoms with Gasteiger partial charge in [-0.05, 0) is 20.8 Å². The molecule has 0 saturated carbocycles. The number of hydrogen-bond donors (Lipinski definition) is 1. The summed E-state index contributed by atoms with van der Waals surface area (Å²) in [6, 6.07) is 0.470. The lowest BCUT2D eigenvalue weighted by Gasteiger charge is -2.07. The molecule has 1 aromatic rings. The van der Waals surface area contributed by atoms with E-state index in [1.54, 1.807) is 0 Å². The quantitative estimate of drug-likeness (QED) is 0.698. The summed E-state index contributed by atoms with van der Waals surface area (Å²) in [7, 11) is 1.95. The molecule has 1 aromatic heterocycles. The largest absolute Gasteiger partial charge is 0.380 e. The molecule has 3 nitrogen and oxygen atoms in total. The number of hydrogen-bond acceptors (Lipinski definition) is 2. The van der Waals surface area contributed by atoms with Crippen LogP contribution in [0.1, 0.15) is 19.5 Å². The van der Waals surface area contributed by atoms with Gasteiger partial charge in [0.05, 0.1) is 17.6 Å². The Morgan fingerprint density at radius 3 is 2.55 bits per heavy atom. The Morgan fingerprint density at radius 1 is 1.55 bits per heavy atom. The summed E-state index contributed by atoms with van der Waals surface area (Å²) in [6.07, 6.45) is 1.86. The second-order valence-corrected chi connectivity index (χ2v) is 3.07. The maximum absolute atomic E-state index is 4.12. The lowest BCUT2D eigenvalue weighted by atomic mass is 10.3. The van der Waals surface area contributed by atoms with Crippen LogP contribution in [0.4, 0.5) is 5.69 Å². The topological polar surface area (TPSA) is 29.9 Å². The maximum Gasteiger partial charge on any atom is 0.0758 e. The van der Waals surface area contributed by atoms with E-state index >= 15 is 0 Å². The minimum absolute atomic E-state index is 0.470. The number of rotatable bonds is 2. The van der Waals surface area contributed by atoms with Crippen LogP contribution in [-0.2, 0) is 7.05 Å². The summed E-state index contributed by atoms with van der Waals surface area (Å²) < 4.78 is 1.87. The third-order valence-electron chi connectivity index (χ3n) is 1.68. The average molecular weight is 153 g/mol. The Balaban J connectivity index is 2.79. The zero-order valence-corrected chi connectivity index (χ0v) is 7.55. The molecule has 11 heavy (non-hydrogen) atoms. The van der Waals surface area contributed by atoms with Crippen LogP contribution in [-0.4, -0.2) is 15.8 Å². The van der Waals surface area contributed by atoms with Crippen LogP contribution in [0, 0.1) is 6.92 Å². The fraction of sp³-hybridized carbons (Fsp3) is 0.625. The first-order valence-corrected chi connectivity index (χ1v) is 3.86. The van der Waals surface area contributed by atoms with Gasteiger partial charge in [-0.25, -0.2) is 0 Å². The van der Waals surface area contributed by atoms with Gasteiger partial charge in [0.25, 0.3) is 0 Å². The molecule has 0 bridgehead atoms. The summed E-state index contributed by atoms with van der Waals surface area (Å²) in [6.45, 7) is 6.29. The van der Waals surface area contributed by atoms with Crippen LogP contribution in [0.5, 0.6) is 0 Å². The zero-order chi connectivity index (χ0) is 8.43. The number of nitrogens with zero attached hydrogens (tertiary/aromatic N) is 2. The van der Waals surface area contributed by atoms with Crippen molar-refractivity contribution in [2.45, 2.75) is 26.8 Å². The third kappa shape index (κ3) is 1.73. The molecule has 0 unspecified atom stereocenters. The van der Waals surface area contributed by atoms with Gasteiger partial charge in [-0.2, -0.15) is 5.10 Å². The van der Waals surface area contributed by atoms with Crippen molar-refractivity contribution in [2.24, 2.45) is 7.05 Å². The van der Waals surface area contributed by atoms with Crippen molar-refractivity contribution in [1.29, 1.82) is 0 Å². The van der Waals surface area contributed by atoms with E-state index < -0.39 is 0 Å².